The molecule has 1 atom stereocenters. The summed E-state index contributed by atoms with van der Waals surface area (Å²) < 4.78 is 10.1. The molecular weight excluding hydrogens is 408 g/mol. The number of ketones is 1. The number of hydrogen-bond acceptors (Lipinski definition) is 8. The smallest absolute Gasteiger partial charge is 0.295 e. The maximum Gasteiger partial charge on any atom is 0.295 e. The molecule has 3 rings (SSSR count). The Bertz CT molecular complexity index is 1060. The summed E-state index contributed by atoms with van der Waals surface area (Å²) in [6.07, 6.45) is 0. The summed E-state index contributed by atoms with van der Waals surface area (Å²) in [4.78, 5) is 37.0. The van der Waals surface area contributed by atoms with Crippen LogP contribution in [0.1, 0.15) is 17.2 Å². The third kappa shape index (κ3) is 4.05. The minimum absolute atomic E-state index is 0.0651. The minimum atomic E-state index is -0.998. The van der Waals surface area contributed by atoms with Crippen molar-refractivity contribution in [3.63, 3.8) is 0 Å². The third-order valence-corrected chi connectivity index (χ3v) is 4.95. The van der Waals surface area contributed by atoms with Gasteiger partial charge in [0.05, 0.1) is 30.3 Å². The lowest BCUT2D eigenvalue weighted by Gasteiger charge is -2.25. The van der Waals surface area contributed by atoms with E-state index in [1.165, 1.54) is 55.5 Å². The van der Waals surface area contributed by atoms with Crippen LogP contribution < -0.4 is 4.74 Å². The molecule has 2 N–H and O–H groups in total. The van der Waals surface area contributed by atoms with E-state index in [0.717, 1.165) is 0 Å². The second kappa shape index (κ2) is 8.84. The molecule has 1 fully saturated rings. The lowest BCUT2D eigenvalue weighted by molar-refractivity contribution is -0.384. The number of carbonyl (C=O) groups is 2. The van der Waals surface area contributed by atoms with E-state index in [9.17, 15) is 29.9 Å². The Morgan fingerprint density at radius 1 is 1.16 bits per heavy atom. The van der Waals surface area contributed by atoms with Crippen molar-refractivity contribution in [1.82, 2.24) is 4.90 Å². The quantitative estimate of drug-likeness (QED) is 0.225. The molecule has 1 aliphatic rings. The summed E-state index contributed by atoms with van der Waals surface area (Å²) in [5.41, 5.74) is 0.128. The molecule has 31 heavy (non-hydrogen) atoms. The predicted octanol–water partition coefficient (Wildman–Crippen LogP) is 2.38. The molecule has 10 heteroatoms. The van der Waals surface area contributed by atoms with Crippen LogP contribution in [0.5, 0.6) is 11.5 Å². The topological polar surface area (TPSA) is 139 Å². The number of aliphatic hydroxyl groups is 1. The summed E-state index contributed by atoms with van der Waals surface area (Å²) in [5.74, 6) is -2.22. The van der Waals surface area contributed by atoms with Gasteiger partial charge in [0, 0.05) is 31.4 Å². The van der Waals surface area contributed by atoms with E-state index in [4.69, 9.17) is 9.47 Å². The van der Waals surface area contributed by atoms with Crippen molar-refractivity contribution in [2.75, 3.05) is 27.4 Å². The molecule has 0 aliphatic carbocycles. The van der Waals surface area contributed by atoms with Crippen molar-refractivity contribution < 1.29 is 34.2 Å². The number of nitrogens with zero attached hydrogens (tertiary/aromatic N) is 2. The zero-order valence-corrected chi connectivity index (χ0v) is 16.8. The van der Waals surface area contributed by atoms with Crippen LogP contribution in [0, 0.1) is 10.1 Å². The van der Waals surface area contributed by atoms with E-state index in [2.05, 4.69) is 0 Å². The predicted molar refractivity (Wildman–Crippen MR) is 109 cm³/mol. The molecule has 1 heterocycles. The van der Waals surface area contributed by atoms with Gasteiger partial charge in [-0.3, -0.25) is 19.7 Å². The standard InChI is InChI=1S/C21H20N2O8/c1-30-10-9-22-18(13-5-8-16(31-2)15(24)11-13)17(20(26)21(22)27)19(25)12-3-6-14(7-4-12)23(28)29/h3-8,11,18,24-25H,9-10H2,1-2H3/b19-17-. The van der Waals surface area contributed by atoms with Gasteiger partial charge in [-0.15, -0.1) is 0 Å². The van der Waals surface area contributed by atoms with Gasteiger partial charge in [0.2, 0.25) is 0 Å². The Balaban J connectivity index is 2.15. The first kappa shape index (κ1) is 21.8. The van der Waals surface area contributed by atoms with Crippen molar-refractivity contribution in [3.8, 4) is 11.5 Å². The molecule has 1 unspecified atom stereocenters. The van der Waals surface area contributed by atoms with Gasteiger partial charge in [0.15, 0.2) is 11.5 Å². The number of likely N-dealkylation sites (tertiary alicyclic amines) is 1. The molecule has 162 valence electrons. The lowest BCUT2D eigenvalue weighted by Crippen LogP contribution is -2.32. The highest BCUT2D eigenvalue weighted by atomic mass is 16.6. The highest BCUT2D eigenvalue weighted by Crippen LogP contribution is 2.41. The first-order valence-electron chi connectivity index (χ1n) is 9.19. The molecule has 2 aromatic carbocycles. The van der Waals surface area contributed by atoms with Crippen LogP contribution in [0.15, 0.2) is 48.0 Å². The number of ether oxygens (including phenoxy) is 2. The third-order valence-electron chi connectivity index (χ3n) is 4.95. The number of Topliss-reactive ketones (excluding diaryl/α,β-unsaturated/α-hetero) is 1. The zero-order chi connectivity index (χ0) is 22.7. The Kier molecular flexibility index (Phi) is 6.21. The van der Waals surface area contributed by atoms with E-state index in [0.29, 0.717) is 5.56 Å². The number of aromatic hydroxyl groups is 1. The molecule has 1 amide bonds. The number of aliphatic hydroxyl groups excluding tert-OH is 1. The fourth-order valence-corrected chi connectivity index (χ4v) is 3.42. The van der Waals surface area contributed by atoms with Crippen LogP contribution in [0.25, 0.3) is 5.76 Å². The van der Waals surface area contributed by atoms with Gasteiger partial charge in [0.25, 0.3) is 17.4 Å². The van der Waals surface area contributed by atoms with Crippen LogP contribution in [0.4, 0.5) is 5.69 Å². The first-order valence-corrected chi connectivity index (χ1v) is 9.19. The highest BCUT2D eigenvalue weighted by Gasteiger charge is 2.46. The monoisotopic (exact) mass is 428 g/mol. The molecule has 0 spiro atoms. The maximum atomic E-state index is 12.8. The minimum Gasteiger partial charge on any atom is -0.507 e. The average molecular weight is 428 g/mol. The average Bonchev–Trinajstić information content (AvgIpc) is 3.01. The molecule has 0 bridgehead atoms. The summed E-state index contributed by atoms with van der Waals surface area (Å²) in [5, 5.41) is 31.9. The molecule has 10 nitrogen and oxygen atoms in total. The van der Waals surface area contributed by atoms with Crippen LogP contribution in [-0.2, 0) is 14.3 Å². The molecule has 1 saturated heterocycles. The fraction of sp³-hybridized carbons (Fsp3) is 0.238. The molecule has 2 aromatic rings. The largest absolute Gasteiger partial charge is 0.507 e. The van der Waals surface area contributed by atoms with Crippen molar-refractivity contribution in [2.24, 2.45) is 0 Å². The summed E-state index contributed by atoms with van der Waals surface area (Å²) in [6.45, 7) is 0.207. The van der Waals surface area contributed by atoms with Crippen molar-refractivity contribution in [3.05, 3.63) is 69.3 Å². The second-order valence-electron chi connectivity index (χ2n) is 6.72. The Morgan fingerprint density at radius 2 is 1.84 bits per heavy atom. The Morgan fingerprint density at radius 3 is 2.39 bits per heavy atom. The number of rotatable bonds is 7. The van der Waals surface area contributed by atoms with Crippen molar-refractivity contribution in [1.29, 1.82) is 0 Å². The molecule has 0 saturated carbocycles. The highest BCUT2D eigenvalue weighted by molar-refractivity contribution is 6.46. The van der Waals surface area contributed by atoms with Crippen LogP contribution in [-0.4, -0.2) is 59.1 Å². The lowest BCUT2D eigenvalue weighted by atomic mass is 9.95. The number of hydrogen-bond donors (Lipinski definition) is 2. The van der Waals surface area contributed by atoms with Crippen molar-refractivity contribution >= 4 is 23.1 Å². The zero-order valence-electron chi connectivity index (χ0n) is 16.8. The molecule has 0 radical (unpaired) electrons. The number of phenols is 1. The van der Waals surface area contributed by atoms with Gasteiger partial charge in [0.1, 0.15) is 5.76 Å². The number of phenolic OH excluding ortho intramolecular Hbond substituents is 1. The number of non-ortho nitro benzene ring substituents is 1. The van der Waals surface area contributed by atoms with Crippen molar-refractivity contribution in [2.45, 2.75) is 6.04 Å². The number of methoxy groups -OCH3 is 2. The number of nitro benzene ring substituents is 1. The fourth-order valence-electron chi connectivity index (χ4n) is 3.42. The van der Waals surface area contributed by atoms with Gasteiger partial charge in [-0.1, -0.05) is 6.07 Å². The number of carbonyl (C=O) groups excluding carboxylic acids is 2. The number of nitro groups is 1. The normalized spacial score (nSPS) is 17.7. The molecule has 0 aromatic heterocycles. The van der Waals surface area contributed by atoms with Crippen LogP contribution in [0.3, 0.4) is 0 Å². The summed E-state index contributed by atoms with van der Waals surface area (Å²) in [7, 11) is 2.83. The molecular formula is C21H20N2O8. The van der Waals surface area contributed by atoms with E-state index in [1.54, 1.807) is 6.07 Å². The van der Waals surface area contributed by atoms with E-state index in [1.807, 2.05) is 0 Å². The van der Waals surface area contributed by atoms with E-state index in [-0.39, 0.29) is 41.5 Å². The van der Waals surface area contributed by atoms with E-state index >= 15 is 0 Å². The summed E-state index contributed by atoms with van der Waals surface area (Å²) in [6, 6.07) is 8.34. The molecule has 1 aliphatic heterocycles. The van der Waals surface area contributed by atoms with E-state index < -0.39 is 28.4 Å². The maximum absolute atomic E-state index is 12.8. The number of benzene rings is 2. The summed E-state index contributed by atoms with van der Waals surface area (Å²) >= 11 is 0. The Hall–Kier alpha value is -3.92. The SMILES string of the molecule is COCCN1C(=O)C(=O)/C(=C(\O)c2ccc([N+](=O)[O-])cc2)C1c1ccc(OC)c(O)c1. The van der Waals surface area contributed by atoms with Gasteiger partial charge in [-0.05, 0) is 29.8 Å². The van der Waals surface area contributed by atoms with Gasteiger partial charge < -0.3 is 24.6 Å². The van der Waals surface area contributed by atoms with Gasteiger partial charge >= 0.3 is 0 Å². The first-order chi connectivity index (χ1) is 14.8. The van der Waals surface area contributed by atoms with Crippen LogP contribution >= 0.6 is 0 Å². The van der Waals surface area contributed by atoms with Gasteiger partial charge in [-0.2, -0.15) is 0 Å². The Labute approximate surface area is 177 Å². The second-order valence-corrected chi connectivity index (χ2v) is 6.72. The van der Waals surface area contributed by atoms with Gasteiger partial charge in [-0.25, -0.2) is 0 Å². The number of amides is 1. The van der Waals surface area contributed by atoms with Crippen LogP contribution in [0.2, 0.25) is 0 Å².